The van der Waals surface area contributed by atoms with Gasteiger partial charge in [0.25, 0.3) is 0 Å². The molecule has 4 fully saturated rings. The highest BCUT2D eigenvalue weighted by atomic mass is 16.1. The van der Waals surface area contributed by atoms with E-state index in [9.17, 15) is 4.79 Å². The molecule has 1 aromatic rings. The Kier molecular flexibility index (Phi) is 5.36. The third kappa shape index (κ3) is 3.23. The average molecular weight is 368 g/mol. The Balaban J connectivity index is 1.59. The maximum atomic E-state index is 13.1. The fraction of sp³-hybridized carbons (Fsp3) is 0.720. The van der Waals surface area contributed by atoms with Gasteiger partial charge in [-0.3, -0.25) is 4.79 Å². The van der Waals surface area contributed by atoms with Crippen molar-refractivity contribution in [1.29, 1.82) is 0 Å². The Morgan fingerprint density at radius 3 is 2.11 bits per heavy atom. The van der Waals surface area contributed by atoms with Crippen LogP contribution in [-0.2, 0) is 10.2 Å². The quantitative estimate of drug-likeness (QED) is 0.671. The van der Waals surface area contributed by atoms with Gasteiger partial charge in [0.2, 0.25) is 5.91 Å². The van der Waals surface area contributed by atoms with E-state index in [0.29, 0.717) is 24.2 Å². The molecule has 0 atom stereocenters. The van der Waals surface area contributed by atoms with Crippen LogP contribution in [0.3, 0.4) is 0 Å². The van der Waals surface area contributed by atoms with Crippen LogP contribution in [0.15, 0.2) is 30.3 Å². The van der Waals surface area contributed by atoms with E-state index in [1.54, 1.807) is 0 Å². The molecule has 27 heavy (non-hydrogen) atoms. The molecule has 4 bridgehead atoms. The molecule has 148 valence electrons. The van der Waals surface area contributed by atoms with Gasteiger partial charge in [0.1, 0.15) is 0 Å². The van der Waals surface area contributed by atoms with E-state index in [2.05, 4.69) is 56.4 Å². The summed E-state index contributed by atoms with van der Waals surface area (Å²) in [6.07, 6.45) is 8.33. The number of nitrogens with one attached hydrogen (secondary N) is 1. The van der Waals surface area contributed by atoms with Crippen LogP contribution < -0.4 is 5.32 Å². The summed E-state index contributed by atoms with van der Waals surface area (Å²) in [7, 11) is 0. The van der Waals surface area contributed by atoms with Crippen LogP contribution >= 0.6 is 0 Å². The van der Waals surface area contributed by atoms with Crippen molar-refractivity contribution in [2.24, 2.45) is 35.5 Å². The minimum absolute atomic E-state index is 0.0758. The predicted molar refractivity (Wildman–Crippen MR) is 111 cm³/mol. The molecule has 4 aliphatic rings. The Hall–Kier alpha value is -1.31. The van der Waals surface area contributed by atoms with Crippen molar-refractivity contribution in [2.45, 2.75) is 71.1 Å². The van der Waals surface area contributed by atoms with Gasteiger partial charge in [-0.2, -0.15) is 0 Å². The van der Waals surface area contributed by atoms with E-state index in [-0.39, 0.29) is 11.3 Å². The molecular weight excluding hydrogens is 330 g/mol. The van der Waals surface area contributed by atoms with Crippen molar-refractivity contribution in [3.8, 4) is 0 Å². The van der Waals surface area contributed by atoms with Crippen molar-refractivity contribution >= 4 is 5.91 Å². The summed E-state index contributed by atoms with van der Waals surface area (Å²) in [5, 5.41) is 3.31. The van der Waals surface area contributed by atoms with Crippen LogP contribution in [0.1, 0.15) is 71.3 Å². The van der Waals surface area contributed by atoms with Crippen LogP contribution in [-0.4, -0.2) is 12.5 Å². The van der Waals surface area contributed by atoms with Crippen LogP contribution in [0, 0.1) is 35.5 Å². The van der Waals surface area contributed by atoms with Gasteiger partial charge >= 0.3 is 0 Å². The van der Waals surface area contributed by atoms with Crippen molar-refractivity contribution in [2.75, 3.05) is 6.54 Å². The summed E-state index contributed by atoms with van der Waals surface area (Å²) in [4.78, 5) is 13.1. The Bertz CT molecular complexity index is 618. The van der Waals surface area contributed by atoms with Gasteiger partial charge < -0.3 is 5.32 Å². The second-order valence-corrected chi connectivity index (χ2v) is 9.79. The number of amides is 1. The van der Waals surface area contributed by atoms with E-state index in [0.717, 1.165) is 37.1 Å². The summed E-state index contributed by atoms with van der Waals surface area (Å²) in [6, 6.07) is 11.1. The van der Waals surface area contributed by atoms with Crippen LogP contribution in [0.2, 0.25) is 0 Å². The van der Waals surface area contributed by atoms with Gasteiger partial charge in [-0.25, -0.2) is 0 Å². The van der Waals surface area contributed by atoms with Gasteiger partial charge in [-0.15, -0.1) is 0 Å². The Morgan fingerprint density at radius 2 is 1.59 bits per heavy atom. The number of carbonyl (C=O) groups is 1. The van der Waals surface area contributed by atoms with Crippen LogP contribution in [0.5, 0.6) is 0 Å². The highest BCUT2D eigenvalue weighted by molar-refractivity contribution is 5.78. The molecule has 0 aromatic heterocycles. The third-order valence-corrected chi connectivity index (χ3v) is 8.80. The van der Waals surface area contributed by atoms with Crippen molar-refractivity contribution < 1.29 is 4.79 Å². The molecule has 2 heteroatoms. The minimum Gasteiger partial charge on any atom is -0.356 e. The zero-order chi connectivity index (χ0) is 19.0. The molecule has 1 amide bonds. The zero-order valence-electron chi connectivity index (χ0n) is 17.4. The summed E-state index contributed by atoms with van der Waals surface area (Å²) in [6.45, 7) is 7.78. The molecule has 0 radical (unpaired) electrons. The number of hydrogen-bond acceptors (Lipinski definition) is 1. The Morgan fingerprint density at radius 1 is 1.04 bits per heavy atom. The van der Waals surface area contributed by atoms with Gasteiger partial charge in [-0.05, 0) is 66.8 Å². The summed E-state index contributed by atoms with van der Waals surface area (Å²) in [5.41, 5.74) is 1.51. The SMILES string of the molecule is CCC(CC)CNC(=O)CC1(c2ccccc2)C2CC3CC1CC(C2)C3C. The first-order valence-corrected chi connectivity index (χ1v) is 11.4. The molecule has 0 unspecified atom stereocenters. The third-order valence-electron chi connectivity index (χ3n) is 8.80. The van der Waals surface area contributed by atoms with E-state index in [1.807, 2.05) is 0 Å². The van der Waals surface area contributed by atoms with Gasteiger partial charge in [0.05, 0.1) is 0 Å². The van der Waals surface area contributed by atoms with E-state index < -0.39 is 0 Å². The number of carbonyl (C=O) groups excluding carboxylic acids is 1. The fourth-order valence-electron chi connectivity index (χ4n) is 7.04. The molecule has 0 spiro atoms. The highest BCUT2D eigenvalue weighted by Gasteiger charge is 2.60. The lowest BCUT2D eigenvalue weighted by Crippen LogP contribution is -2.59. The van der Waals surface area contributed by atoms with Crippen molar-refractivity contribution in [1.82, 2.24) is 5.32 Å². The molecule has 4 saturated carbocycles. The Labute approximate surface area is 165 Å². The molecule has 5 rings (SSSR count). The number of hydrogen-bond donors (Lipinski definition) is 1. The van der Waals surface area contributed by atoms with E-state index in [4.69, 9.17) is 0 Å². The molecule has 0 aliphatic heterocycles. The molecule has 0 heterocycles. The summed E-state index contributed by atoms with van der Waals surface area (Å²) in [5.74, 6) is 4.98. The first kappa shape index (κ1) is 19.0. The van der Waals surface area contributed by atoms with Crippen molar-refractivity contribution in [3.05, 3.63) is 35.9 Å². The molecule has 4 aliphatic carbocycles. The van der Waals surface area contributed by atoms with Crippen LogP contribution in [0.4, 0.5) is 0 Å². The largest absolute Gasteiger partial charge is 0.356 e. The monoisotopic (exact) mass is 367 g/mol. The van der Waals surface area contributed by atoms with Gasteiger partial charge in [0, 0.05) is 18.4 Å². The maximum absolute atomic E-state index is 13.1. The van der Waals surface area contributed by atoms with Gasteiger partial charge in [-0.1, -0.05) is 63.9 Å². The number of rotatable bonds is 7. The average Bonchev–Trinajstić information content (AvgIpc) is 2.68. The molecule has 2 nitrogen and oxygen atoms in total. The number of benzene rings is 1. The highest BCUT2D eigenvalue weighted by Crippen LogP contribution is 2.65. The topological polar surface area (TPSA) is 29.1 Å². The lowest BCUT2D eigenvalue weighted by Gasteiger charge is -2.63. The first-order valence-electron chi connectivity index (χ1n) is 11.4. The normalized spacial score (nSPS) is 37.0. The standard InChI is InChI=1S/C25H37NO/c1-4-18(5-2)16-26-24(27)15-25(21-9-7-6-8-10-21)22-11-19-12-23(25)14-20(13-22)17(19)3/h6-10,17-20,22-23H,4-5,11-16H2,1-3H3,(H,26,27). The smallest absolute Gasteiger partial charge is 0.220 e. The van der Waals surface area contributed by atoms with E-state index in [1.165, 1.54) is 31.2 Å². The minimum atomic E-state index is 0.0758. The second-order valence-electron chi connectivity index (χ2n) is 9.79. The van der Waals surface area contributed by atoms with E-state index >= 15 is 0 Å². The molecule has 0 saturated heterocycles. The molecular formula is C25H37NO. The first-order chi connectivity index (χ1) is 13.1. The van der Waals surface area contributed by atoms with Crippen LogP contribution in [0.25, 0.3) is 0 Å². The van der Waals surface area contributed by atoms with Gasteiger partial charge in [0.15, 0.2) is 0 Å². The summed E-state index contributed by atoms with van der Waals surface area (Å²) < 4.78 is 0. The van der Waals surface area contributed by atoms with Crippen molar-refractivity contribution in [3.63, 3.8) is 0 Å². The fourth-order valence-corrected chi connectivity index (χ4v) is 7.04. The second kappa shape index (κ2) is 7.60. The maximum Gasteiger partial charge on any atom is 0.220 e. The zero-order valence-corrected chi connectivity index (χ0v) is 17.4. The summed E-state index contributed by atoms with van der Waals surface area (Å²) >= 11 is 0. The lowest BCUT2D eigenvalue weighted by molar-refractivity contribution is -0.133. The molecule has 1 N–H and O–H groups in total. The molecule has 1 aromatic carbocycles. The predicted octanol–water partition coefficient (Wildman–Crippen LogP) is 5.57. The lowest BCUT2D eigenvalue weighted by atomic mass is 9.41.